The summed E-state index contributed by atoms with van der Waals surface area (Å²) in [6.45, 7) is 5.62. The molecule has 0 saturated carbocycles. The van der Waals surface area contributed by atoms with E-state index in [1.165, 1.54) is 28.6 Å². The second-order valence-corrected chi connectivity index (χ2v) is 6.61. The van der Waals surface area contributed by atoms with Gasteiger partial charge in [0, 0.05) is 37.1 Å². The third-order valence-corrected chi connectivity index (χ3v) is 4.79. The first-order valence-corrected chi connectivity index (χ1v) is 8.61. The molecule has 0 atom stereocenters. The number of nitrogens with one attached hydrogen (secondary N) is 1. The lowest BCUT2D eigenvalue weighted by atomic mass is 9.94. The molecule has 23 heavy (non-hydrogen) atoms. The highest BCUT2D eigenvalue weighted by atomic mass is 16.3. The van der Waals surface area contributed by atoms with Crippen molar-refractivity contribution in [2.24, 2.45) is 0 Å². The summed E-state index contributed by atoms with van der Waals surface area (Å²) in [7, 11) is 1.69. The Bertz CT molecular complexity index is 703. The SMILES string of the molecule is CNC(=O)CCCc1coc2ccc3c(c12)CCCN3C(C)C. The van der Waals surface area contributed by atoms with Crippen LogP contribution in [-0.2, 0) is 17.6 Å². The van der Waals surface area contributed by atoms with Crippen molar-refractivity contribution >= 4 is 22.6 Å². The minimum absolute atomic E-state index is 0.103. The molecule has 0 aliphatic carbocycles. The second-order valence-electron chi connectivity index (χ2n) is 6.61. The Balaban J connectivity index is 1.92. The van der Waals surface area contributed by atoms with E-state index in [-0.39, 0.29) is 5.91 Å². The molecule has 0 fully saturated rings. The van der Waals surface area contributed by atoms with E-state index in [2.05, 4.69) is 36.2 Å². The van der Waals surface area contributed by atoms with Gasteiger partial charge in [-0.1, -0.05) is 0 Å². The van der Waals surface area contributed by atoms with Crippen LogP contribution in [-0.4, -0.2) is 25.5 Å². The largest absolute Gasteiger partial charge is 0.464 e. The van der Waals surface area contributed by atoms with Crippen molar-refractivity contribution in [3.8, 4) is 0 Å². The number of amides is 1. The van der Waals surface area contributed by atoms with Crippen LogP contribution in [0, 0.1) is 0 Å². The molecule has 0 unspecified atom stereocenters. The zero-order valence-corrected chi connectivity index (χ0v) is 14.3. The van der Waals surface area contributed by atoms with E-state index >= 15 is 0 Å². The number of anilines is 1. The van der Waals surface area contributed by atoms with E-state index in [4.69, 9.17) is 4.42 Å². The van der Waals surface area contributed by atoms with Gasteiger partial charge in [0.05, 0.1) is 6.26 Å². The Morgan fingerprint density at radius 3 is 2.96 bits per heavy atom. The monoisotopic (exact) mass is 314 g/mol. The Hall–Kier alpha value is -1.97. The molecule has 1 amide bonds. The molecular formula is C19H26N2O2. The van der Waals surface area contributed by atoms with Crippen LogP contribution in [0.25, 0.3) is 11.0 Å². The summed E-state index contributed by atoms with van der Waals surface area (Å²) in [4.78, 5) is 13.9. The average Bonchev–Trinajstić information content (AvgIpc) is 2.97. The Morgan fingerprint density at radius 1 is 1.39 bits per heavy atom. The van der Waals surface area contributed by atoms with Gasteiger partial charge in [-0.3, -0.25) is 4.79 Å². The van der Waals surface area contributed by atoms with Gasteiger partial charge in [0.15, 0.2) is 0 Å². The predicted octanol–water partition coefficient (Wildman–Crippen LogP) is 3.66. The quantitative estimate of drug-likeness (QED) is 0.916. The number of fused-ring (bicyclic) bond motifs is 3. The van der Waals surface area contributed by atoms with Crippen LogP contribution in [0.1, 0.15) is 44.2 Å². The smallest absolute Gasteiger partial charge is 0.219 e. The molecule has 1 N–H and O–H groups in total. The summed E-state index contributed by atoms with van der Waals surface area (Å²) in [6.07, 6.45) is 6.48. The van der Waals surface area contributed by atoms with Crippen molar-refractivity contribution in [2.75, 3.05) is 18.5 Å². The molecular weight excluding hydrogens is 288 g/mol. The number of rotatable bonds is 5. The van der Waals surface area contributed by atoms with Crippen molar-refractivity contribution in [1.82, 2.24) is 5.32 Å². The van der Waals surface area contributed by atoms with Crippen LogP contribution in [0.15, 0.2) is 22.8 Å². The van der Waals surface area contributed by atoms with Crippen LogP contribution in [0.3, 0.4) is 0 Å². The molecule has 0 spiro atoms. The van der Waals surface area contributed by atoms with Crippen molar-refractivity contribution < 1.29 is 9.21 Å². The van der Waals surface area contributed by atoms with Gasteiger partial charge in [-0.05, 0) is 62.8 Å². The highest BCUT2D eigenvalue weighted by molar-refractivity contribution is 5.90. The number of nitrogens with zero attached hydrogens (tertiary/aromatic N) is 1. The average molecular weight is 314 g/mol. The van der Waals surface area contributed by atoms with E-state index in [1.807, 2.05) is 6.26 Å². The van der Waals surface area contributed by atoms with Gasteiger partial charge in [0.1, 0.15) is 5.58 Å². The summed E-state index contributed by atoms with van der Waals surface area (Å²) >= 11 is 0. The molecule has 0 radical (unpaired) electrons. The van der Waals surface area contributed by atoms with E-state index in [0.29, 0.717) is 12.5 Å². The highest BCUT2D eigenvalue weighted by Gasteiger charge is 2.23. The third-order valence-electron chi connectivity index (χ3n) is 4.79. The maximum Gasteiger partial charge on any atom is 0.219 e. The molecule has 0 bridgehead atoms. The fourth-order valence-corrected chi connectivity index (χ4v) is 3.61. The topological polar surface area (TPSA) is 45.5 Å². The molecule has 1 aromatic carbocycles. The van der Waals surface area contributed by atoms with Crippen LogP contribution in [0.2, 0.25) is 0 Å². The third kappa shape index (κ3) is 3.07. The second kappa shape index (κ2) is 6.65. The van der Waals surface area contributed by atoms with Crippen LogP contribution < -0.4 is 10.2 Å². The number of hydrogen-bond donors (Lipinski definition) is 1. The van der Waals surface area contributed by atoms with E-state index in [9.17, 15) is 4.79 Å². The van der Waals surface area contributed by atoms with E-state index in [1.54, 1.807) is 7.05 Å². The van der Waals surface area contributed by atoms with Crippen LogP contribution >= 0.6 is 0 Å². The molecule has 2 aromatic rings. The number of furan rings is 1. The summed E-state index contributed by atoms with van der Waals surface area (Å²) in [6, 6.07) is 4.81. The molecule has 1 aromatic heterocycles. The molecule has 4 nitrogen and oxygen atoms in total. The fraction of sp³-hybridized carbons (Fsp3) is 0.526. The molecule has 2 heterocycles. The lowest BCUT2D eigenvalue weighted by Crippen LogP contribution is -2.35. The van der Waals surface area contributed by atoms with Crippen LogP contribution in [0.5, 0.6) is 0 Å². The first kappa shape index (κ1) is 15.9. The van der Waals surface area contributed by atoms with Crippen molar-refractivity contribution in [2.45, 2.75) is 52.0 Å². The van der Waals surface area contributed by atoms with Gasteiger partial charge in [-0.25, -0.2) is 0 Å². The number of aryl methyl sites for hydroxylation is 2. The van der Waals surface area contributed by atoms with Gasteiger partial charge in [0.25, 0.3) is 0 Å². The van der Waals surface area contributed by atoms with Crippen molar-refractivity contribution in [1.29, 1.82) is 0 Å². The van der Waals surface area contributed by atoms with E-state index in [0.717, 1.165) is 31.4 Å². The lowest BCUT2D eigenvalue weighted by molar-refractivity contribution is -0.120. The minimum atomic E-state index is 0.103. The molecule has 124 valence electrons. The molecule has 4 heteroatoms. The Morgan fingerprint density at radius 2 is 2.22 bits per heavy atom. The van der Waals surface area contributed by atoms with Crippen molar-refractivity contribution in [3.05, 3.63) is 29.5 Å². The van der Waals surface area contributed by atoms with Gasteiger partial charge in [-0.15, -0.1) is 0 Å². The molecule has 1 aliphatic heterocycles. The summed E-state index contributed by atoms with van der Waals surface area (Å²) in [5.74, 6) is 0.103. The van der Waals surface area contributed by atoms with Crippen molar-refractivity contribution in [3.63, 3.8) is 0 Å². The number of hydrogen-bond acceptors (Lipinski definition) is 3. The minimum Gasteiger partial charge on any atom is -0.464 e. The van der Waals surface area contributed by atoms with Crippen LogP contribution in [0.4, 0.5) is 5.69 Å². The van der Waals surface area contributed by atoms with Gasteiger partial charge >= 0.3 is 0 Å². The zero-order valence-electron chi connectivity index (χ0n) is 14.3. The maximum atomic E-state index is 11.4. The Labute approximate surface area is 137 Å². The van der Waals surface area contributed by atoms with Gasteiger partial charge in [0.2, 0.25) is 5.91 Å². The number of carbonyl (C=O) groups is 1. The van der Waals surface area contributed by atoms with E-state index < -0.39 is 0 Å². The predicted molar refractivity (Wildman–Crippen MR) is 94.0 cm³/mol. The molecule has 1 aliphatic rings. The number of benzene rings is 1. The maximum absolute atomic E-state index is 11.4. The first-order valence-electron chi connectivity index (χ1n) is 8.61. The first-order chi connectivity index (χ1) is 11.1. The highest BCUT2D eigenvalue weighted by Crippen LogP contribution is 2.37. The zero-order chi connectivity index (χ0) is 16.4. The molecule has 0 saturated heterocycles. The van der Waals surface area contributed by atoms with Gasteiger partial charge in [-0.2, -0.15) is 0 Å². The lowest BCUT2D eigenvalue weighted by Gasteiger charge is -2.35. The summed E-state index contributed by atoms with van der Waals surface area (Å²) in [5.41, 5.74) is 4.99. The summed E-state index contributed by atoms with van der Waals surface area (Å²) < 4.78 is 5.78. The number of carbonyl (C=O) groups excluding carboxylic acids is 1. The Kier molecular flexibility index (Phi) is 4.60. The standard InChI is InChI=1S/C19H26N2O2/c1-13(2)21-11-5-7-15-16(21)9-10-17-19(15)14(12-23-17)6-4-8-18(22)20-3/h9-10,12-13H,4-8,11H2,1-3H3,(H,20,22). The molecule has 3 rings (SSSR count). The van der Waals surface area contributed by atoms with Gasteiger partial charge < -0.3 is 14.6 Å². The summed E-state index contributed by atoms with van der Waals surface area (Å²) in [5, 5.41) is 3.96. The fourth-order valence-electron chi connectivity index (χ4n) is 3.61. The normalized spacial score (nSPS) is 14.3.